The van der Waals surface area contributed by atoms with Gasteiger partial charge in [-0.1, -0.05) is 12.1 Å². The number of para-hydroxylation sites is 2. The SMILES string of the molecule is Cc1c(C(=O)CCN2CCN(c3ccc(F)cc3)CC2)cnn1-c1cnc2ccccc2n1. The fourth-order valence-corrected chi connectivity index (χ4v) is 4.24. The monoisotopic (exact) mass is 444 g/mol. The van der Waals surface area contributed by atoms with Crippen LogP contribution in [0, 0.1) is 12.7 Å². The van der Waals surface area contributed by atoms with Gasteiger partial charge in [-0.25, -0.2) is 14.1 Å². The minimum absolute atomic E-state index is 0.0773. The zero-order chi connectivity index (χ0) is 22.8. The van der Waals surface area contributed by atoms with E-state index in [0.717, 1.165) is 48.6 Å². The van der Waals surface area contributed by atoms with E-state index in [1.807, 2.05) is 43.3 Å². The van der Waals surface area contributed by atoms with Gasteiger partial charge in [0.1, 0.15) is 5.82 Å². The van der Waals surface area contributed by atoms with E-state index in [1.54, 1.807) is 17.1 Å². The fourth-order valence-electron chi connectivity index (χ4n) is 4.24. The van der Waals surface area contributed by atoms with Gasteiger partial charge in [0.25, 0.3) is 0 Å². The van der Waals surface area contributed by atoms with E-state index in [2.05, 4.69) is 24.9 Å². The van der Waals surface area contributed by atoms with Gasteiger partial charge in [-0.05, 0) is 43.3 Å². The smallest absolute Gasteiger partial charge is 0.172 e. The van der Waals surface area contributed by atoms with Crippen molar-refractivity contribution in [2.45, 2.75) is 13.3 Å². The average Bonchev–Trinajstić information content (AvgIpc) is 3.24. The van der Waals surface area contributed by atoms with Crippen molar-refractivity contribution in [3.63, 3.8) is 0 Å². The molecule has 1 aliphatic rings. The molecule has 1 saturated heterocycles. The Morgan fingerprint density at radius 2 is 1.70 bits per heavy atom. The number of carbonyl (C=O) groups is 1. The predicted molar refractivity (Wildman–Crippen MR) is 125 cm³/mol. The molecule has 0 amide bonds. The van der Waals surface area contributed by atoms with Crippen LogP contribution in [0.4, 0.5) is 10.1 Å². The Bertz CT molecular complexity index is 1280. The Morgan fingerprint density at radius 3 is 2.45 bits per heavy atom. The average molecular weight is 445 g/mol. The third-order valence-corrected chi connectivity index (χ3v) is 6.18. The summed E-state index contributed by atoms with van der Waals surface area (Å²) in [5.41, 5.74) is 4.03. The zero-order valence-corrected chi connectivity index (χ0v) is 18.5. The van der Waals surface area contributed by atoms with Crippen molar-refractivity contribution in [2.75, 3.05) is 37.6 Å². The molecule has 0 bridgehead atoms. The Balaban J connectivity index is 1.19. The largest absolute Gasteiger partial charge is 0.369 e. The number of carbonyl (C=O) groups excluding carboxylic acids is 1. The van der Waals surface area contributed by atoms with Crippen LogP contribution in [0.5, 0.6) is 0 Å². The van der Waals surface area contributed by atoms with Gasteiger partial charge in [-0.3, -0.25) is 14.7 Å². The maximum atomic E-state index is 13.1. The number of hydrogen-bond acceptors (Lipinski definition) is 6. The van der Waals surface area contributed by atoms with Crippen LogP contribution < -0.4 is 4.90 Å². The van der Waals surface area contributed by atoms with E-state index in [-0.39, 0.29) is 11.6 Å². The molecule has 0 radical (unpaired) electrons. The summed E-state index contributed by atoms with van der Waals surface area (Å²) < 4.78 is 14.8. The lowest BCUT2D eigenvalue weighted by Gasteiger charge is -2.36. The van der Waals surface area contributed by atoms with Gasteiger partial charge in [-0.2, -0.15) is 5.10 Å². The molecule has 0 atom stereocenters. The normalized spacial score (nSPS) is 14.7. The number of halogens is 1. The van der Waals surface area contributed by atoms with Gasteiger partial charge in [0.05, 0.1) is 34.7 Å². The van der Waals surface area contributed by atoms with Crippen molar-refractivity contribution in [1.82, 2.24) is 24.6 Å². The Hall–Kier alpha value is -3.65. The number of rotatable bonds is 6. The molecule has 0 aliphatic carbocycles. The van der Waals surface area contributed by atoms with Crippen LogP contribution in [0.15, 0.2) is 60.9 Å². The summed E-state index contributed by atoms with van der Waals surface area (Å²) in [6.07, 6.45) is 3.74. The highest BCUT2D eigenvalue weighted by Gasteiger charge is 2.20. The standard InChI is InChI=1S/C25H25FN6O/c1-18-21(16-28-32(18)25-17-27-22-4-2-3-5-23(22)29-25)24(33)10-11-30-12-14-31(15-13-30)20-8-6-19(26)7-9-20/h2-9,16-17H,10-15H2,1H3. The number of piperazine rings is 1. The highest BCUT2D eigenvalue weighted by Crippen LogP contribution is 2.19. The van der Waals surface area contributed by atoms with Crippen LogP contribution in [0.1, 0.15) is 22.5 Å². The van der Waals surface area contributed by atoms with E-state index in [0.29, 0.717) is 24.3 Å². The van der Waals surface area contributed by atoms with Gasteiger partial charge in [-0.15, -0.1) is 0 Å². The van der Waals surface area contributed by atoms with E-state index in [4.69, 9.17) is 0 Å². The lowest BCUT2D eigenvalue weighted by atomic mass is 10.1. The second-order valence-corrected chi connectivity index (χ2v) is 8.25. The molecule has 33 heavy (non-hydrogen) atoms. The van der Waals surface area contributed by atoms with Gasteiger partial charge in [0.2, 0.25) is 0 Å². The van der Waals surface area contributed by atoms with Gasteiger partial charge in [0, 0.05) is 44.8 Å². The highest BCUT2D eigenvalue weighted by molar-refractivity contribution is 5.97. The van der Waals surface area contributed by atoms with Crippen molar-refractivity contribution in [2.24, 2.45) is 0 Å². The van der Waals surface area contributed by atoms with Crippen LogP contribution in [-0.2, 0) is 0 Å². The number of aromatic nitrogens is 4. The summed E-state index contributed by atoms with van der Waals surface area (Å²) in [4.78, 5) is 26.5. The molecule has 5 rings (SSSR count). The first-order valence-electron chi connectivity index (χ1n) is 11.1. The summed E-state index contributed by atoms with van der Waals surface area (Å²) in [6.45, 7) is 6.05. The van der Waals surface area contributed by atoms with Gasteiger partial charge < -0.3 is 4.90 Å². The molecule has 3 heterocycles. The van der Waals surface area contributed by atoms with E-state index in [9.17, 15) is 9.18 Å². The third-order valence-electron chi connectivity index (χ3n) is 6.18. The molecule has 1 aliphatic heterocycles. The van der Waals surface area contributed by atoms with Crippen LogP contribution >= 0.6 is 0 Å². The summed E-state index contributed by atoms with van der Waals surface area (Å²) in [6, 6.07) is 14.3. The summed E-state index contributed by atoms with van der Waals surface area (Å²) in [7, 11) is 0. The van der Waals surface area contributed by atoms with Crippen LogP contribution in [0.2, 0.25) is 0 Å². The van der Waals surface area contributed by atoms with Crippen molar-refractivity contribution in [3.8, 4) is 5.82 Å². The van der Waals surface area contributed by atoms with Crippen molar-refractivity contribution in [1.29, 1.82) is 0 Å². The molecule has 8 heteroatoms. The van der Waals surface area contributed by atoms with Crippen molar-refractivity contribution >= 4 is 22.5 Å². The third kappa shape index (κ3) is 4.47. The number of benzene rings is 2. The number of ketones is 1. The van der Waals surface area contributed by atoms with E-state index < -0.39 is 0 Å². The molecule has 7 nitrogen and oxygen atoms in total. The molecule has 4 aromatic rings. The fraction of sp³-hybridized carbons (Fsp3) is 0.280. The van der Waals surface area contributed by atoms with Crippen molar-refractivity contribution < 1.29 is 9.18 Å². The molecular weight excluding hydrogens is 419 g/mol. The molecule has 168 valence electrons. The maximum Gasteiger partial charge on any atom is 0.172 e. The molecular formula is C25H25FN6O. The predicted octanol–water partition coefficient (Wildman–Crippen LogP) is 3.66. The molecule has 2 aromatic carbocycles. The molecule has 0 N–H and O–H groups in total. The number of nitrogens with zero attached hydrogens (tertiary/aromatic N) is 6. The molecule has 2 aromatic heterocycles. The topological polar surface area (TPSA) is 67.2 Å². The maximum absolute atomic E-state index is 13.1. The van der Waals surface area contributed by atoms with Gasteiger partial charge >= 0.3 is 0 Å². The Morgan fingerprint density at radius 1 is 0.970 bits per heavy atom. The minimum atomic E-state index is -0.220. The quantitative estimate of drug-likeness (QED) is 0.423. The Kier molecular flexibility index (Phi) is 5.83. The molecule has 1 fully saturated rings. The lowest BCUT2D eigenvalue weighted by molar-refractivity contribution is 0.0962. The van der Waals surface area contributed by atoms with Crippen LogP contribution in [0.25, 0.3) is 16.9 Å². The van der Waals surface area contributed by atoms with E-state index in [1.165, 1.54) is 12.1 Å². The first-order chi connectivity index (χ1) is 16.1. The van der Waals surface area contributed by atoms with E-state index >= 15 is 0 Å². The summed E-state index contributed by atoms with van der Waals surface area (Å²) in [5, 5.41) is 4.40. The second kappa shape index (κ2) is 9.07. The van der Waals surface area contributed by atoms with Crippen molar-refractivity contribution in [3.05, 3.63) is 78.0 Å². The summed E-state index contributed by atoms with van der Waals surface area (Å²) >= 11 is 0. The minimum Gasteiger partial charge on any atom is -0.369 e. The second-order valence-electron chi connectivity index (χ2n) is 8.25. The Labute approximate surface area is 191 Å². The highest BCUT2D eigenvalue weighted by atomic mass is 19.1. The van der Waals surface area contributed by atoms with Gasteiger partial charge in [0.15, 0.2) is 11.6 Å². The van der Waals surface area contributed by atoms with Crippen LogP contribution in [0.3, 0.4) is 0 Å². The zero-order valence-electron chi connectivity index (χ0n) is 18.5. The first kappa shape index (κ1) is 21.2. The number of fused-ring (bicyclic) bond motifs is 1. The summed E-state index contributed by atoms with van der Waals surface area (Å²) in [5.74, 6) is 0.456. The lowest BCUT2D eigenvalue weighted by Crippen LogP contribution is -2.46. The molecule has 0 unspecified atom stereocenters. The molecule has 0 saturated carbocycles. The number of anilines is 1. The number of hydrogen-bond donors (Lipinski definition) is 0. The first-order valence-corrected chi connectivity index (χ1v) is 11.1. The number of Topliss-reactive ketones (excluding diaryl/α,β-unsaturated/α-hetero) is 1. The van der Waals surface area contributed by atoms with Crippen LogP contribution in [-0.4, -0.2) is 63.2 Å². The molecule has 0 spiro atoms.